The number of aryl methyl sites for hydroxylation is 6. The van der Waals surface area contributed by atoms with E-state index in [1.165, 1.54) is 18.6 Å². The van der Waals surface area contributed by atoms with Crippen LogP contribution in [-0.4, -0.2) is 104 Å². The molecule has 0 saturated heterocycles. The summed E-state index contributed by atoms with van der Waals surface area (Å²) in [6, 6.07) is 6.19. The van der Waals surface area contributed by atoms with Gasteiger partial charge in [-0.1, -0.05) is 0 Å². The quantitative estimate of drug-likeness (QED) is 0.171. The first-order chi connectivity index (χ1) is 30.6. The molecular weight excluding hydrogens is 817 g/mol. The van der Waals surface area contributed by atoms with Crippen LogP contribution in [0.25, 0.3) is 34.8 Å². The van der Waals surface area contributed by atoms with Gasteiger partial charge in [-0.15, -0.1) is 30.7 Å². The molecule has 0 amide bonds. The predicted molar refractivity (Wildman–Crippen MR) is 208 cm³/mol. The van der Waals surface area contributed by atoms with Crippen LogP contribution in [-0.2, 0) is 0 Å². The summed E-state index contributed by atoms with van der Waals surface area (Å²) in [6.07, 6.45) is 3.75. The third kappa shape index (κ3) is 5.84. The van der Waals surface area contributed by atoms with Crippen LogP contribution in [0.3, 0.4) is 0 Å². The molecule has 306 valence electrons. The summed E-state index contributed by atoms with van der Waals surface area (Å²) in [5.41, 5.74) is 4.02. The highest BCUT2D eigenvalue weighted by atomic mass is 15.5. The fourth-order valence-corrected chi connectivity index (χ4v) is 6.37. The maximum Gasteiger partial charge on any atom is 0.259 e. The highest BCUT2D eigenvalue weighted by Gasteiger charge is 2.25. The molecule has 0 fully saturated rings. The van der Waals surface area contributed by atoms with Crippen molar-refractivity contribution in [2.24, 2.45) is 30.7 Å². The topological polar surface area (TPSA) is 376 Å². The van der Waals surface area contributed by atoms with Gasteiger partial charge in [-0.05, 0) is 41.5 Å². The Labute approximate surface area is 348 Å². The Bertz CT molecular complexity index is 3300. The second-order valence-corrected chi connectivity index (χ2v) is 13.4. The van der Waals surface area contributed by atoms with Crippen molar-refractivity contribution in [2.45, 2.75) is 41.5 Å². The maximum atomic E-state index is 10.2. The van der Waals surface area contributed by atoms with E-state index in [1.807, 2.05) is 0 Å². The van der Waals surface area contributed by atoms with Crippen LogP contribution in [0.5, 0.6) is 0 Å². The number of aromatic amines is 3. The number of rotatable bonds is 9. The Morgan fingerprint density at radius 1 is 0.444 bits per heavy atom. The van der Waals surface area contributed by atoms with Crippen molar-refractivity contribution in [1.29, 1.82) is 15.8 Å². The van der Waals surface area contributed by atoms with E-state index in [0.29, 0.717) is 68.6 Å². The minimum absolute atomic E-state index is 0.00128. The van der Waals surface area contributed by atoms with Crippen molar-refractivity contribution in [3.63, 3.8) is 0 Å². The zero-order valence-corrected chi connectivity index (χ0v) is 33.3. The molecule has 0 spiro atoms. The summed E-state index contributed by atoms with van der Waals surface area (Å²) >= 11 is 0. The standard InChI is InChI=1S/C33H24N30/c1-13-22(28-52-43-16(4)58(28)55-13)46-49-25-19(7-34)10-37-61(25)31-40-32(62-26(20(8-35)11-38-62)50-47-23-14(2)56-59-17(5)44-53-29(23)59)42-33(41-31)63-27(21(9-36)12-39-63)51-48-24-15(3)57-60-18(6)45-54-30(24)60/h10-12,52-54H,1-6H3. The van der Waals surface area contributed by atoms with Gasteiger partial charge in [0, 0.05) is 0 Å². The van der Waals surface area contributed by atoms with Crippen LogP contribution < -0.4 is 0 Å². The molecule has 0 aliphatic heterocycles. The first kappa shape index (κ1) is 37.2. The van der Waals surface area contributed by atoms with Gasteiger partial charge in [-0.25, -0.2) is 0 Å². The van der Waals surface area contributed by atoms with Crippen LogP contribution in [0.2, 0.25) is 0 Å². The van der Waals surface area contributed by atoms with E-state index in [0.717, 1.165) is 14.0 Å². The number of azo groups is 3. The van der Waals surface area contributed by atoms with Crippen LogP contribution in [0.4, 0.5) is 34.5 Å². The second kappa shape index (κ2) is 14.1. The Kier molecular flexibility index (Phi) is 8.31. The van der Waals surface area contributed by atoms with Crippen molar-refractivity contribution >= 4 is 51.5 Å². The zero-order chi connectivity index (χ0) is 43.7. The molecule has 0 radical (unpaired) electrons. The average molecular weight is 841 g/mol. The molecule has 30 nitrogen and oxygen atoms in total. The maximum absolute atomic E-state index is 10.2. The summed E-state index contributed by atoms with van der Waals surface area (Å²) in [5.74, 6) is 0.799. The summed E-state index contributed by atoms with van der Waals surface area (Å²) < 4.78 is 8.12. The molecule has 10 aromatic heterocycles. The lowest BCUT2D eigenvalue weighted by Gasteiger charge is -2.09. The van der Waals surface area contributed by atoms with Crippen LogP contribution in [0.1, 0.15) is 51.2 Å². The van der Waals surface area contributed by atoms with Crippen molar-refractivity contribution in [1.82, 2.24) is 104 Å². The number of hydrogen-bond donors (Lipinski definition) is 3. The molecule has 3 N–H and O–H groups in total. The molecule has 10 heterocycles. The molecule has 0 aliphatic carbocycles. The number of nitriles is 3. The van der Waals surface area contributed by atoms with Gasteiger partial charge in [-0.3, -0.25) is 15.3 Å². The minimum Gasteiger partial charge on any atom is -0.258 e. The Hall–Kier alpha value is -10.0. The lowest BCUT2D eigenvalue weighted by atomic mass is 10.4. The number of hydrogen-bond acceptors (Lipinski definition) is 21. The van der Waals surface area contributed by atoms with E-state index in [-0.39, 0.29) is 52.0 Å². The van der Waals surface area contributed by atoms with Crippen molar-refractivity contribution < 1.29 is 0 Å². The van der Waals surface area contributed by atoms with E-state index < -0.39 is 0 Å². The average Bonchev–Trinajstić information content (AvgIpc) is 4.16. The number of nitrogens with one attached hydrogen (secondary N) is 3. The van der Waals surface area contributed by atoms with E-state index in [2.05, 4.69) is 125 Å². The third-order valence-electron chi connectivity index (χ3n) is 9.47. The van der Waals surface area contributed by atoms with Gasteiger partial charge in [0.1, 0.15) is 52.4 Å². The van der Waals surface area contributed by atoms with E-state index in [9.17, 15) is 15.8 Å². The Balaban J connectivity index is 1.16. The monoisotopic (exact) mass is 840 g/mol. The van der Waals surface area contributed by atoms with Gasteiger partial charge in [-0.2, -0.15) is 104 Å². The molecule has 0 atom stereocenters. The van der Waals surface area contributed by atoms with Gasteiger partial charge < -0.3 is 0 Å². The van der Waals surface area contributed by atoms with Gasteiger partial charge >= 0.3 is 0 Å². The number of fused-ring (bicyclic) bond motifs is 3. The summed E-state index contributed by atoms with van der Waals surface area (Å²) in [6.45, 7) is 10.5. The number of nitrogens with zero attached hydrogens (tertiary/aromatic N) is 27. The van der Waals surface area contributed by atoms with E-state index in [1.54, 1.807) is 55.1 Å². The third-order valence-corrected chi connectivity index (χ3v) is 9.47. The molecule has 0 aliphatic rings. The molecular formula is C33H24N30. The number of H-pyrrole nitrogens is 3. The first-order valence-corrected chi connectivity index (χ1v) is 18.2. The fourth-order valence-electron chi connectivity index (χ4n) is 6.37. The lowest BCUT2D eigenvalue weighted by molar-refractivity contribution is 0.706. The summed E-state index contributed by atoms with van der Waals surface area (Å²) in [7, 11) is 0. The smallest absolute Gasteiger partial charge is 0.258 e. The van der Waals surface area contributed by atoms with E-state index in [4.69, 9.17) is 0 Å². The summed E-state index contributed by atoms with van der Waals surface area (Å²) in [4.78, 5) is 13.9. The van der Waals surface area contributed by atoms with Gasteiger partial charge in [0.05, 0.1) is 35.7 Å². The fraction of sp³-hybridized carbons (Fsp3) is 0.182. The van der Waals surface area contributed by atoms with Gasteiger partial charge in [0.2, 0.25) is 0 Å². The minimum atomic E-state index is -0.238. The van der Waals surface area contributed by atoms with Crippen LogP contribution in [0, 0.1) is 75.5 Å². The van der Waals surface area contributed by atoms with Crippen molar-refractivity contribution in [2.75, 3.05) is 0 Å². The van der Waals surface area contributed by atoms with Crippen molar-refractivity contribution in [3.05, 3.63) is 69.8 Å². The molecule has 10 rings (SSSR count). The molecule has 30 heteroatoms. The number of aromatic nitrogens is 21. The molecule has 0 unspecified atom stereocenters. The Morgan fingerprint density at radius 3 is 1.00 bits per heavy atom. The van der Waals surface area contributed by atoms with E-state index >= 15 is 0 Å². The molecule has 10 aromatic rings. The molecule has 63 heavy (non-hydrogen) atoms. The first-order valence-electron chi connectivity index (χ1n) is 18.2. The molecule has 0 bridgehead atoms. The molecule has 0 saturated carbocycles. The SMILES string of the molecule is Cc1nn2c(C)n[nH]c2c1N=Nc1c(C#N)cnn1-c1nc(-n2ncc(C#N)c2N=Nc2c(C)nn3c(C)n[nH]c23)nc(-n2ncc(C#N)c2N=Nc2c(C)nn3c(C)n[nH]c23)n1. The van der Waals surface area contributed by atoms with Crippen LogP contribution >= 0.6 is 0 Å². The lowest BCUT2D eigenvalue weighted by Crippen LogP contribution is -2.14. The second-order valence-electron chi connectivity index (χ2n) is 13.4. The normalized spacial score (nSPS) is 12.0. The van der Waals surface area contributed by atoms with Gasteiger partial charge in [0.15, 0.2) is 51.5 Å². The highest BCUT2D eigenvalue weighted by Crippen LogP contribution is 2.33. The largest absolute Gasteiger partial charge is 0.259 e. The molecule has 0 aromatic carbocycles. The van der Waals surface area contributed by atoms with Gasteiger partial charge in [0.25, 0.3) is 17.8 Å². The highest BCUT2D eigenvalue weighted by molar-refractivity contribution is 5.68. The summed E-state index contributed by atoms with van der Waals surface area (Å²) in [5, 5.41) is 105. The Morgan fingerprint density at radius 2 is 0.730 bits per heavy atom. The zero-order valence-electron chi connectivity index (χ0n) is 33.3. The van der Waals surface area contributed by atoms with Crippen LogP contribution in [0.15, 0.2) is 49.3 Å². The predicted octanol–water partition coefficient (Wildman–Crippen LogP) is 4.25. The van der Waals surface area contributed by atoms with Crippen molar-refractivity contribution in [3.8, 4) is 36.1 Å².